The first-order valence-corrected chi connectivity index (χ1v) is 5.54. The van der Waals surface area contributed by atoms with E-state index >= 15 is 0 Å². The summed E-state index contributed by atoms with van der Waals surface area (Å²) in [6, 6.07) is 3.87. The number of amides is 1. The third kappa shape index (κ3) is 3.82. The Morgan fingerprint density at radius 1 is 1.35 bits per heavy atom. The Balaban J connectivity index is 3.10. The van der Waals surface area contributed by atoms with Gasteiger partial charge in [0.25, 0.3) is 5.91 Å². The third-order valence-corrected chi connectivity index (χ3v) is 2.29. The number of halogens is 1. The fraction of sp³-hybridized carbons (Fsp3) is 0.462. The van der Waals surface area contributed by atoms with Crippen molar-refractivity contribution in [1.29, 1.82) is 0 Å². The van der Waals surface area contributed by atoms with Crippen molar-refractivity contribution in [2.24, 2.45) is 0 Å². The molecule has 3 nitrogen and oxygen atoms in total. The largest absolute Gasteiger partial charge is 0.386 e. The van der Waals surface area contributed by atoms with Crippen molar-refractivity contribution < 1.29 is 14.3 Å². The summed E-state index contributed by atoms with van der Waals surface area (Å²) >= 11 is 0. The third-order valence-electron chi connectivity index (χ3n) is 2.29. The Morgan fingerprint density at radius 3 is 2.41 bits per heavy atom. The highest BCUT2D eigenvalue weighted by atomic mass is 19.1. The van der Waals surface area contributed by atoms with E-state index in [4.69, 9.17) is 0 Å². The second kappa shape index (κ2) is 4.84. The SMILES string of the molecule is CC(C)NC(=O)c1cc(F)cc(C(C)(C)O)c1. The summed E-state index contributed by atoms with van der Waals surface area (Å²) in [5, 5.41) is 12.5. The molecule has 0 saturated carbocycles. The minimum atomic E-state index is -1.17. The van der Waals surface area contributed by atoms with E-state index in [1.165, 1.54) is 12.1 Å². The number of aliphatic hydroxyl groups is 1. The van der Waals surface area contributed by atoms with E-state index in [1.54, 1.807) is 13.8 Å². The van der Waals surface area contributed by atoms with E-state index in [-0.39, 0.29) is 17.5 Å². The van der Waals surface area contributed by atoms with Crippen LogP contribution in [0.15, 0.2) is 18.2 Å². The molecule has 0 aliphatic rings. The molecule has 17 heavy (non-hydrogen) atoms. The molecule has 0 aromatic heterocycles. The van der Waals surface area contributed by atoms with Crippen molar-refractivity contribution >= 4 is 5.91 Å². The van der Waals surface area contributed by atoms with Crippen LogP contribution in [0, 0.1) is 5.82 Å². The van der Waals surface area contributed by atoms with E-state index in [9.17, 15) is 14.3 Å². The van der Waals surface area contributed by atoms with Gasteiger partial charge in [-0.15, -0.1) is 0 Å². The molecular weight excluding hydrogens is 221 g/mol. The summed E-state index contributed by atoms with van der Waals surface area (Å²) < 4.78 is 13.4. The van der Waals surface area contributed by atoms with Crippen LogP contribution in [0.1, 0.15) is 43.6 Å². The van der Waals surface area contributed by atoms with Crippen molar-refractivity contribution in [3.8, 4) is 0 Å². The molecule has 1 aromatic rings. The van der Waals surface area contributed by atoms with Crippen molar-refractivity contribution in [1.82, 2.24) is 5.32 Å². The first-order valence-electron chi connectivity index (χ1n) is 5.54. The van der Waals surface area contributed by atoms with E-state index in [0.717, 1.165) is 6.07 Å². The van der Waals surface area contributed by atoms with Crippen LogP contribution in [0.5, 0.6) is 0 Å². The number of rotatable bonds is 3. The normalized spacial score (nSPS) is 11.7. The van der Waals surface area contributed by atoms with Gasteiger partial charge in [-0.3, -0.25) is 4.79 Å². The highest BCUT2D eigenvalue weighted by Crippen LogP contribution is 2.22. The molecule has 0 spiro atoms. The average Bonchev–Trinajstić information content (AvgIpc) is 2.14. The van der Waals surface area contributed by atoms with Gasteiger partial charge in [-0.05, 0) is 51.5 Å². The minimum absolute atomic E-state index is 0.0173. The van der Waals surface area contributed by atoms with Crippen LogP contribution in [0.3, 0.4) is 0 Å². The Hall–Kier alpha value is -1.42. The Bertz CT molecular complexity index is 422. The fourth-order valence-electron chi connectivity index (χ4n) is 1.42. The molecule has 4 heteroatoms. The van der Waals surface area contributed by atoms with Gasteiger partial charge in [0, 0.05) is 11.6 Å². The number of nitrogens with one attached hydrogen (secondary N) is 1. The molecule has 0 unspecified atom stereocenters. The van der Waals surface area contributed by atoms with Crippen LogP contribution < -0.4 is 5.32 Å². The molecular formula is C13H18FNO2. The molecule has 0 heterocycles. The number of hydrogen-bond donors (Lipinski definition) is 2. The topological polar surface area (TPSA) is 49.3 Å². The van der Waals surface area contributed by atoms with E-state index in [0.29, 0.717) is 5.56 Å². The molecule has 94 valence electrons. The summed E-state index contributed by atoms with van der Waals surface area (Å²) in [6.07, 6.45) is 0. The smallest absolute Gasteiger partial charge is 0.251 e. The van der Waals surface area contributed by atoms with Gasteiger partial charge >= 0.3 is 0 Å². The van der Waals surface area contributed by atoms with Gasteiger partial charge in [0.2, 0.25) is 0 Å². The molecule has 1 aromatic carbocycles. The molecule has 0 aliphatic carbocycles. The summed E-state index contributed by atoms with van der Waals surface area (Å²) in [5.41, 5.74) is -0.572. The Kier molecular flexibility index (Phi) is 3.88. The number of benzene rings is 1. The molecule has 1 rings (SSSR count). The van der Waals surface area contributed by atoms with Gasteiger partial charge in [-0.25, -0.2) is 4.39 Å². The van der Waals surface area contributed by atoms with Crippen LogP contribution in [0.25, 0.3) is 0 Å². The molecule has 0 aliphatic heterocycles. The van der Waals surface area contributed by atoms with Crippen molar-refractivity contribution in [2.45, 2.75) is 39.3 Å². The predicted molar refractivity (Wildman–Crippen MR) is 64.2 cm³/mol. The maximum atomic E-state index is 13.4. The van der Waals surface area contributed by atoms with Crippen molar-refractivity contribution in [3.05, 3.63) is 35.1 Å². The van der Waals surface area contributed by atoms with Gasteiger partial charge in [0.05, 0.1) is 5.60 Å². The van der Waals surface area contributed by atoms with Crippen LogP contribution in [-0.2, 0) is 5.60 Å². The molecule has 0 radical (unpaired) electrons. The zero-order valence-corrected chi connectivity index (χ0v) is 10.5. The van der Waals surface area contributed by atoms with E-state index in [1.807, 2.05) is 13.8 Å². The number of carbonyl (C=O) groups is 1. The highest BCUT2D eigenvalue weighted by molar-refractivity contribution is 5.94. The van der Waals surface area contributed by atoms with Crippen LogP contribution >= 0.6 is 0 Å². The second-order valence-electron chi connectivity index (χ2n) is 4.92. The number of carbonyl (C=O) groups excluding carboxylic acids is 1. The summed E-state index contributed by atoms with van der Waals surface area (Å²) in [7, 11) is 0. The molecule has 0 fully saturated rings. The van der Waals surface area contributed by atoms with Gasteiger partial charge in [-0.2, -0.15) is 0 Å². The zero-order valence-electron chi connectivity index (χ0n) is 10.5. The van der Waals surface area contributed by atoms with Gasteiger partial charge in [0.15, 0.2) is 0 Å². The molecule has 0 saturated heterocycles. The van der Waals surface area contributed by atoms with Crippen LogP contribution in [-0.4, -0.2) is 17.1 Å². The van der Waals surface area contributed by atoms with Crippen LogP contribution in [0.4, 0.5) is 4.39 Å². The first kappa shape index (κ1) is 13.6. The summed E-state index contributed by atoms with van der Waals surface area (Å²) in [4.78, 5) is 11.7. The molecule has 1 amide bonds. The molecule has 0 bridgehead atoms. The lowest BCUT2D eigenvalue weighted by molar-refractivity contribution is 0.0780. The highest BCUT2D eigenvalue weighted by Gasteiger charge is 2.19. The standard InChI is InChI=1S/C13H18FNO2/c1-8(2)15-12(16)9-5-10(13(3,4)17)7-11(14)6-9/h5-8,17H,1-4H3,(H,15,16). The van der Waals surface area contributed by atoms with Crippen LogP contribution in [0.2, 0.25) is 0 Å². The van der Waals surface area contributed by atoms with Gasteiger partial charge in [0.1, 0.15) is 5.82 Å². The second-order valence-corrected chi connectivity index (χ2v) is 4.92. The Labute approximate surface area is 101 Å². The average molecular weight is 239 g/mol. The summed E-state index contributed by atoms with van der Waals surface area (Å²) in [6.45, 7) is 6.75. The van der Waals surface area contributed by atoms with Crippen molar-refractivity contribution in [3.63, 3.8) is 0 Å². The fourth-order valence-corrected chi connectivity index (χ4v) is 1.42. The maximum Gasteiger partial charge on any atom is 0.251 e. The van der Waals surface area contributed by atoms with Crippen molar-refractivity contribution in [2.75, 3.05) is 0 Å². The predicted octanol–water partition coefficient (Wildman–Crippen LogP) is 2.19. The lowest BCUT2D eigenvalue weighted by atomic mass is 9.96. The van der Waals surface area contributed by atoms with Gasteiger partial charge < -0.3 is 10.4 Å². The Morgan fingerprint density at radius 2 is 1.94 bits per heavy atom. The summed E-state index contributed by atoms with van der Waals surface area (Å²) in [5.74, 6) is -0.872. The van der Waals surface area contributed by atoms with E-state index in [2.05, 4.69) is 5.32 Å². The lowest BCUT2D eigenvalue weighted by Crippen LogP contribution is -2.30. The van der Waals surface area contributed by atoms with E-state index < -0.39 is 11.4 Å². The van der Waals surface area contributed by atoms with Gasteiger partial charge in [-0.1, -0.05) is 0 Å². The molecule has 0 atom stereocenters. The first-order chi connectivity index (χ1) is 7.70. The number of hydrogen-bond acceptors (Lipinski definition) is 2. The minimum Gasteiger partial charge on any atom is -0.386 e. The quantitative estimate of drug-likeness (QED) is 0.849. The molecule has 2 N–H and O–H groups in total. The maximum absolute atomic E-state index is 13.4. The zero-order chi connectivity index (χ0) is 13.2. The lowest BCUT2D eigenvalue weighted by Gasteiger charge is -2.19. The monoisotopic (exact) mass is 239 g/mol.